The molecule has 0 unspecified atom stereocenters. The van der Waals surface area contributed by atoms with Crippen molar-refractivity contribution < 1.29 is 19.1 Å². The number of carbonyl (C=O) groups is 2. The van der Waals surface area contributed by atoms with Crippen LogP contribution in [0.1, 0.15) is 10.4 Å². The van der Waals surface area contributed by atoms with Crippen molar-refractivity contribution >= 4 is 55.7 Å². The van der Waals surface area contributed by atoms with Crippen molar-refractivity contribution in [2.24, 2.45) is 0 Å². The van der Waals surface area contributed by atoms with Gasteiger partial charge in [-0.25, -0.2) is 4.79 Å². The maximum atomic E-state index is 12.3. The normalized spacial score (nSPS) is 10.4. The molecule has 0 atom stereocenters. The van der Waals surface area contributed by atoms with Gasteiger partial charge in [-0.1, -0.05) is 39.7 Å². The molecule has 3 rings (SSSR count). The second kappa shape index (κ2) is 9.23. The number of nitrogens with one attached hydrogen (secondary N) is 1. The first kappa shape index (κ1) is 20.4. The average Bonchev–Trinajstić information content (AvgIpc) is 3.11. The highest BCUT2D eigenvalue weighted by Gasteiger charge is 2.22. The first-order chi connectivity index (χ1) is 13.5. The molecule has 1 N–H and O–H groups in total. The van der Waals surface area contributed by atoms with Crippen LogP contribution < -0.4 is 10.1 Å². The second-order valence-corrected chi connectivity index (χ2v) is 7.87. The molecule has 1 amide bonds. The fraction of sp³-hybridized carbons (Fsp3) is 0.100. The van der Waals surface area contributed by atoms with Gasteiger partial charge >= 0.3 is 5.97 Å². The van der Waals surface area contributed by atoms with Gasteiger partial charge in [0.25, 0.3) is 5.91 Å². The van der Waals surface area contributed by atoms with E-state index in [9.17, 15) is 9.59 Å². The Morgan fingerprint density at radius 1 is 1.11 bits per heavy atom. The number of halogens is 2. The molecule has 5 nitrogen and oxygen atoms in total. The number of carbonyl (C=O) groups excluding carboxylic acids is 2. The average molecular weight is 481 g/mol. The molecule has 2 aromatic carbocycles. The molecule has 1 heterocycles. The zero-order valence-electron chi connectivity index (χ0n) is 14.7. The van der Waals surface area contributed by atoms with E-state index in [0.29, 0.717) is 26.9 Å². The van der Waals surface area contributed by atoms with Gasteiger partial charge in [0, 0.05) is 20.4 Å². The van der Waals surface area contributed by atoms with Crippen molar-refractivity contribution in [1.29, 1.82) is 0 Å². The number of anilines is 1. The third-order valence-electron chi connectivity index (χ3n) is 3.77. The number of hydrogen-bond donors (Lipinski definition) is 1. The summed E-state index contributed by atoms with van der Waals surface area (Å²) in [6, 6.07) is 14.2. The molecule has 0 saturated carbocycles. The minimum Gasteiger partial charge on any atom is -0.484 e. The first-order valence-electron chi connectivity index (χ1n) is 8.12. The maximum Gasteiger partial charge on any atom is 0.341 e. The molecule has 0 saturated heterocycles. The monoisotopic (exact) mass is 479 g/mol. The van der Waals surface area contributed by atoms with E-state index in [1.165, 1.54) is 18.4 Å². The van der Waals surface area contributed by atoms with Gasteiger partial charge in [-0.3, -0.25) is 4.79 Å². The summed E-state index contributed by atoms with van der Waals surface area (Å²) in [7, 11) is 1.31. The number of hydrogen-bond acceptors (Lipinski definition) is 5. The molecule has 1 aromatic heterocycles. The van der Waals surface area contributed by atoms with Gasteiger partial charge < -0.3 is 14.8 Å². The van der Waals surface area contributed by atoms with Crippen molar-refractivity contribution in [2.45, 2.75) is 0 Å². The fourth-order valence-electron chi connectivity index (χ4n) is 2.44. The van der Waals surface area contributed by atoms with Crippen molar-refractivity contribution in [1.82, 2.24) is 0 Å². The van der Waals surface area contributed by atoms with Gasteiger partial charge in [-0.15, -0.1) is 11.3 Å². The van der Waals surface area contributed by atoms with Crippen molar-refractivity contribution in [3.05, 3.63) is 69.0 Å². The van der Waals surface area contributed by atoms with E-state index in [1.807, 2.05) is 29.6 Å². The molecule has 8 heteroatoms. The van der Waals surface area contributed by atoms with Crippen LogP contribution in [0.25, 0.3) is 11.1 Å². The standard InChI is InChI=1S/C20H15BrClNO4S/c1-26-20(25)18-16(12-2-4-13(21)5-3-12)11-28-19(18)23-17(24)10-27-15-8-6-14(22)7-9-15/h2-9,11H,10H2,1H3,(H,23,24). The Morgan fingerprint density at radius 3 is 2.43 bits per heavy atom. The van der Waals surface area contributed by atoms with E-state index in [1.54, 1.807) is 24.3 Å². The quantitative estimate of drug-likeness (QED) is 0.464. The van der Waals surface area contributed by atoms with Crippen LogP contribution in [0.5, 0.6) is 5.75 Å². The summed E-state index contributed by atoms with van der Waals surface area (Å²) in [5.41, 5.74) is 1.85. The summed E-state index contributed by atoms with van der Waals surface area (Å²) in [5.74, 6) is -0.383. The molecule has 0 spiro atoms. The summed E-state index contributed by atoms with van der Waals surface area (Å²) >= 11 is 10.5. The van der Waals surface area contributed by atoms with Crippen LogP contribution in [-0.2, 0) is 9.53 Å². The van der Waals surface area contributed by atoms with Crippen molar-refractivity contribution in [3.63, 3.8) is 0 Å². The van der Waals surface area contributed by atoms with Crippen LogP contribution in [0.15, 0.2) is 58.4 Å². The van der Waals surface area contributed by atoms with Crippen molar-refractivity contribution in [3.8, 4) is 16.9 Å². The van der Waals surface area contributed by atoms with E-state index in [-0.39, 0.29) is 12.5 Å². The van der Waals surface area contributed by atoms with Gasteiger partial charge in [-0.2, -0.15) is 0 Å². The summed E-state index contributed by atoms with van der Waals surface area (Å²) in [6.45, 7) is -0.201. The number of rotatable bonds is 6. The van der Waals surface area contributed by atoms with E-state index in [0.717, 1.165) is 10.0 Å². The lowest BCUT2D eigenvalue weighted by Gasteiger charge is -2.09. The lowest BCUT2D eigenvalue weighted by molar-refractivity contribution is -0.118. The number of methoxy groups -OCH3 is 1. The molecule has 144 valence electrons. The van der Waals surface area contributed by atoms with Crippen LogP contribution in [0, 0.1) is 0 Å². The molecular formula is C20H15BrClNO4S. The number of amides is 1. The molecule has 0 aliphatic heterocycles. The SMILES string of the molecule is COC(=O)c1c(-c2ccc(Br)cc2)csc1NC(=O)COc1ccc(Cl)cc1. The highest BCUT2D eigenvalue weighted by atomic mass is 79.9. The van der Waals surface area contributed by atoms with Gasteiger partial charge in [0.05, 0.1) is 7.11 Å². The van der Waals surface area contributed by atoms with E-state index >= 15 is 0 Å². The number of thiophene rings is 1. The summed E-state index contributed by atoms with van der Waals surface area (Å²) in [4.78, 5) is 24.6. The Morgan fingerprint density at radius 2 is 1.79 bits per heavy atom. The lowest BCUT2D eigenvalue weighted by atomic mass is 10.0. The third-order valence-corrected chi connectivity index (χ3v) is 5.45. The van der Waals surface area contributed by atoms with E-state index in [2.05, 4.69) is 21.2 Å². The van der Waals surface area contributed by atoms with Crippen LogP contribution in [-0.4, -0.2) is 25.6 Å². The molecule has 0 aliphatic carbocycles. The summed E-state index contributed by atoms with van der Waals surface area (Å²) in [5, 5.41) is 5.53. The molecule has 3 aromatic rings. The fourth-order valence-corrected chi connectivity index (χ4v) is 3.80. The number of ether oxygens (including phenoxy) is 2. The largest absolute Gasteiger partial charge is 0.484 e. The minimum absolute atomic E-state index is 0.201. The second-order valence-electron chi connectivity index (χ2n) is 5.64. The zero-order valence-corrected chi connectivity index (χ0v) is 17.9. The van der Waals surface area contributed by atoms with Crippen LogP contribution in [0.3, 0.4) is 0 Å². The molecule has 0 radical (unpaired) electrons. The predicted octanol–water partition coefficient (Wildman–Crippen LogP) is 5.64. The van der Waals surface area contributed by atoms with Gasteiger partial charge in [0.1, 0.15) is 16.3 Å². The first-order valence-corrected chi connectivity index (χ1v) is 10.2. The van der Waals surface area contributed by atoms with E-state index < -0.39 is 5.97 Å². The van der Waals surface area contributed by atoms with Gasteiger partial charge in [0.2, 0.25) is 0 Å². The molecule has 0 fully saturated rings. The highest BCUT2D eigenvalue weighted by molar-refractivity contribution is 9.10. The molecule has 0 aliphatic rings. The van der Waals surface area contributed by atoms with Crippen molar-refractivity contribution in [2.75, 3.05) is 19.0 Å². The Balaban J connectivity index is 1.77. The number of benzene rings is 2. The Bertz CT molecular complexity index is 986. The Labute approximate surface area is 179 Å². The smallest absolute Gasteiger partial charge is 0.341 e. The topological polar surface area (TPSA) is 64.6 Å². The van der Waals surface area contributed by atoms with Gasteiger partial charge in [0.15, 0.2) is 6.61 Å². The minimum atomic E-state index is -0.520. The predicted molar refractivity (Wildman–Crippen MR) is 114 cm³/mol. The zero-order chi connectivity index (χ0) is 20.1. The Kier molecular flexibility index (Phi) is 6.72. The Hall–Kier alpha value is -2.35. The lowest BCUT2D eigenvalue weighted by Crippen LogP contribution is -2.21. The molecular weight excluding hydrogens is 466 g/mol. The molecule has 0 bridgehead atoms. The third kappa shape index (κ3) is 4.92. The summed E-state index contributed by atoms with van der Waals surface area (Å²) < 4.78 is 11.3. The highest BCUT2D eigenvalue weighted by Crippen LogP contribution is 2.36. The van der Waals surface area contributed by atoms with Crippen LogP contribution in [0.4, 0.5) is 5.00 Å². The van der Waals surface area contributed by atoms with E-state index in [4.69, 9.17) is 21.1 Å². The number of esters is 1. The van der Waals surface area contributed by atoms with Crippen LogP contribution in [0.2, 0.25) is 5.02 Å². The summed E-state index contributed by atoms with van der Waals surface area (Å²) in [6.07, 6.45) is 0. The molecule has 28 heavy (non-hydrogen) atoms. The van der Waals surface area contributed by atoms with Gasteiger partial charge in [-0.05, 0) is 42.0 Å². The van der Waals surface area contributed by atoms with Crippen LogP contribution >= 0.6 is 38.9 Å². The maximum absolute atomic E-state index is 12.3.